The van der Waals surface area contributed by atoms with Crippen LogP contribution in [0.5, 0.6) is 0 Å². The van der Waals surface area contributed by atoms with Gasteiger partial charge in [-0.2, -0.15) is 0 Å². The average Bonchev–Trinajstić information content (AvgIpc) is 2.69. The highest BCUT2D eigenvalue weighted by Crippen LogP contribution is 2.18. The first-order chi connectivity index (χ1) is 8.16. The summed E-state index contributed by atoms with van der Waals surface area (Å²) in [5, 5.41) is 4.12. The molecule has 0 saturated heterocycles. The normalized spacial score (nSPS) is 11.0. The third kappa shape index (κ3) is 2.87. The molecular weight excluding hydrogens is 212 g/mol. The molecule has 2 N–H and O–H groups in total. The summed E-state index contributed by atoms with van der Waals surface area (Å²) >= 11 is 0. The second-order valence-corrected chi connectivity index (χ2v) is 4.58. The summed E-state index contributed by atoms with van der Waals surface area (Å²) in [6, 6.07) is 8.38. The summed E-state index contributed by atoms with van der Waals surface area (Å²) in [6.07, 6.45) is 3.32. The fourth-order valence-corrected chi connectivity index (χ4v) is 1.98. The van der Waals surface area contributed by atoms with Gasteiger partial charge in [0.15, 0.2) is 0 Å². The smallest absolute Gasteiger partial charge is 0.220 e. The maximum Gasteiger partial charge on any atom is 0.220 e. The Morgan fingerprint density at radius 1 is 1.35 bits per heavy atom. The maximum absolute atomic E-state index is 11.6. The van der Waals surface area contributed by atoms with Crippen molar-refractivity contribution >= 4 is 16.8 Å². The SMILES string of the molecule is CC(C)NC(=O)CCc1c[nH]c2ccccc12. The molecule has 1 aromatic carbocycles. The Labute approximate surface area is 101 Å². The molecule has 1 heterocycles. The van der Waals surface area contributed by atoms with E-state index in [2.05, 4.69) is 16.4 Å². The molecular formula is C14H18N2O. The van der Waals surface area contributed by atoms with E-state index in [1.807, 2.05) is 38.2 Å². The fourth-order valence-electron chi connectivity index (χ4n) is 1.98. The van der Waals surface area contributed by atoms with Gasteiger partial charge in [-0.1, -0.05) is 18.2 Å². The van der Waals surface area contributed by atoms with Crippen LogP contribution in [-0.2, 0) is 11.2 Å². The summed E-state index contributed by atoms with van der Waals surface area (Å²) in [6.45, 7) is 3.95. The van der Waals surface area contributed by atoms with E-state index >= 15 is 0 Å². The number of para-hydroxylation sites is 1. The van der Waals surface area contributed by atoms with E-state index in [1.165, 1.54) is 10.9 Å². The highest BCUT2D eigenvalue weighted by atomic mass is 16.1. The lowest BCUT2D eigenvalue weighted by Gasteiger charge is -2.07. The molecule has 17 heavy (non-hydrogen) atoms. The standard InChI is InChI=1S/C14H18N2O/c1-10(2)16-14(17)8-7-11-9-15-13-6-4-3-5-12(11)13/h3-6,9-10,15H,7-8H2,1-2H3,(H,16,17). The number of rotatable bonds is 4. The molecule has 0 aliphatic heterocycles. The molecule has 2 rings (SSSR count). The zero-order valence-electron chi connectivity index (χ0n) is 10.3. The van der Waals surface area contributed by atoms with Gasteiger partial charge >= 0.3 is 0 Å². The molecule has 3 heteroatoms. The Hall–Kier alpha value is -1.77. The number of hydrogen-bond donors (Lipinski definition) is 2. The lowest BCUT2D eigenvalue weighted by atomic mass is 10.1. The first-order valence-electron chi connectivity index (χ1n) is 6.01. The molecule has 3 nitrogen and oxygen atoms in total. The van der Waals surface area contributed by atoms with Gasteiger partial charge in [0, 0.05) is 29.6 Å². The Balaban J connectivity index is 2.02. The zero-order valence-corrected chi connectivity index (χ0v) is 10.3. The molecule has 0 aliphatic rings. The van der Waals surface area contributed by atoms with E-state index in [-0.39, 0.29) is 11.9 Å². The van der Waals surface area contributed by atoms with Gasteiger partial charge in [0.05, 0.1) is 0 Å². The number of carbonyl (C=O) groups is 1. The Bertz CT molecular complexity index is 514. The average molecular weight is 230 g/mol. The minimum Gasteiger partial charge on any atom is -0.361 e. The molecule has 0 aliphatic carbocycles. The van der Waals surface area contributed by atoms with Crippen LogP contribution in [0.25, 0.3) is 10.9 Å². The van der Waals surface area contributed by atoms with Crippen molar-refractivity contribution in [2.24, 2.45) is 0 Å². The summed E-state index contributed by atoms with van der Waals surface area (Å²) in [4.78, 5) is 14.8. The van der Waals surface area contributed by atoms with Crippen LogP contribution in [0.15, 0.2) is 30.5 Å². The lowest BCUT2D eigenvalue weighted by molar-refractivity contribution is -0.121. The topological polar surface area (TPSA) is 44.9 Å². The molecule has 0 spiro atoms. The van der Waals surface area contributed by atoms with Crippen molar-refractivity contribution in [3.8, 4) is 0 Å². The summed E-state index contributed by atoms with van der Waals surface area (Å²) in [5.74, 6) is 0.116. The van der Waals surface area contributed by atoms with Crippen molar-refractivity contribution in [2.45, 2.75) is 32.7 Å². The predicted octanol–water partition coefficient (Wildman–Crippen LogP) is 2.63. The molecule has 0 fully saturated rings. The number of fused-ring (bicyclic) bond motifs is 1. The second-order valence-electron chi connectivity index (χ2n) is 4.58. The molecule has 90 valence electrons. The van der Waals surface area contributed by atoms with Crippen LogP contribution in [0.2, 0.25) is 0 Å². The monoisotopic (exact) mass is 230 g/mol. The summed E-state index contributed by atoms with van der Waals surface area (Å²) < 4.78 is 0. The number of amides is 1. The van der Waals surface area contributed by atoms with Gasteiger partial charge in [0.25, 0.3) is 0 Å². The van der Waals surface area contributed by atoms with Crippen LogP contribution in [-0.4, -0.2) is 16.9 Å². The van der Waals surface area contributed by atoms with Crippen molar-refractivity contribution in [3.05, 3.63) is 36.0 Å². The molecule has 0 unspecified atom stereocenters. The van der Waals surface area contributed by atoms with Crippen molar-refractivity contribution in [3.63, 3.8) is 0 Å². The van der Waals surface area contributed by atoms with Crippen LogP contribution in [0, 0.1) is 0 Å². The Morgan fingerprint density at radius 3 is 2.88 bits per heavy atom. The molecule has 0 radical (unpaired) electrons. The fraction of sp³-hybridized carbons (Fsp3) is 0.357. The lowest BCUT2D eigenvalue weighted by Crippen LogP contribution is -2.30. The first-order valence-corrected chi connectivity index (χ1v) is 6.01. The minimum absolute atomic E-state index is 0.116. The van der Waals surface area contributed by atoms with Crippen molar-refractivity contribution in [1.82, 2.24) is 10.3 Å². The van der Waals surface area contributed by atoms with Crippen LogP contribution in [0.4, 0.5) is 0 Å². The molecule has 1 aromatic heterocycles. The van der Waals surface area contributed by atoms with E-state index in [9.17, 15) is 4.79 Å². The summed E-state index contributed by atoms with van der Waals surface area (Å²) in [7, 11) is 0. The molecule has 0 bridgehead atoms. The van der Waals surface area contributed by atoms with E-state index in [4.69, 9.17) is 0 Å². The zero-order chi connectivity index (χ0) is 12.3. The van der Waals surface area contributed by atoms with Crippen molar-refractivity contribution in [2.75, 3.05) is 0 Å². The van der Waals surface area contributed by atoms with Gasteiger partial charge in [-0.3, -0.25) is 4.79 Å². The molecule has 1 amide bonds. The van der Waals surface area contributed by atoms with E-state index in [0.717, 1.165) is 11.9 Å². The Kier molecular flexibility index (Phi) is 3.47. The van der Waals surface area contributed by atoms with Crippen LogP contribution >= 0.6 is 0 Å². The number of H-pyrrole nitrogens is 1. The van der Waals surface area contributed by atoms with Gasteiger partial charge < -0.3 is 10.3 Å². The van der Waals surface area contributed by atoms with Gasteiger partial charge in [-0.15, -0.1) is 0 Å². The van der Waals surface area contributed by atoms with E-state index in [1.54, 1.807) is 0 Å². The van der Waals surface area contributed by atoms with Gasteiger partial charge in [0.1, 0.15) is 0 Å². The first kappa shape index (κ1) is 11.7. The van der Waals surface area contributed by atoms with Gasteiger partial charge in [0.2, 0.25) is 5.91 Å². The molecule has 0 saturated carbocycles. The van der Waals surface area contributed by atoms with Crippen molar-refractivity contribution < 1.29 is 4.79 Å². The number of nitrogens with one attached hydrogen (secondary N) is 2. The third-order valence-electron chi connectivity index (χ3n) is 2.75. The molecule has 0 atom stereocenters. The van der Waals surface area contributed by atoms with Crippen LogP contribution in [0.1, 0.15) is 25.8 Å². The minimum atomic E-state index is 0.116. The predicted molar refractivity (Wildman–Crippen MR) is 69.9 cm³/mol. The maximum atomic E-state index is 11.6. The highest BCUT2D eigenvalue weighted by Gasteiger charge is 2.07. The largest absolute Gasteiger partial charge is 0.361 e. The Morgan fingerprint density at radius 2 is 2.12 bits per heavy atom. The third-order valence-corrected chi connectivity index (χ3v) is 2.75. The van der Waals surface area contributed by atoms with Crippen LogP contribution < -0.4 is 5.32 Å². The van der Waals surface area contributed by atoms with Gasteiger partial charge in [-0.25, -0.2) is 0 Å². The number of aryl methyl sites for hydroxylation is 1. The summed E-state index contributed by atoms with van der Waals surface area (Å²) in [5.41, 5.74) is 2.34. The quantitative estimate of drug-likeness (QED) is 0.833. The number of aromatic nitrogens is 1. The van der Waals surface area contributed by atoms with Gasteiger partial charge in [-0.05, 0) is 31.9 Å². The number of benzene rings is 1. The van der Waals surface area contributed by atoms with E-state index < -0.39 is 0 Å². The highest BCUT2D eigenvalue weighted by molar-refractivity contribution is 5.84. The second kappa shape index (κ2) is 5.04. The molecule has 2 aromatic rings. The van der Waals surface area contributed by atoms with E-state index in [0.29, 0.717) is 6.42 Å². The number of aromatic amines is 1. The van der Waals surface area contributed by atoms with Crippen molar-refractivity contribution in [1.29, 1.82) is 0 Å². The van der Waals surface area contributed by atoms with Crippen LogP contribution in [0.3, 0.4) is 0 Å². The number of carbonyl (C=O) groups excluding carboxylic acids is 1. The number of hydrogen-bond acceptors (Lipinski definition) is 1.